The van der Waals surface area contributed by atoms with Crippen LogP contribution in [0, 0.1) is 6.92 Å². The number of aryl methyl sites for hydroxylation is 1. The molecule has 0 saturated heterocycles. The van der Waals surface area contributed by atoms with Gasteiger partial charge in [0, 0.05) is 18.0 Å². The van der Waals surface area contributed by atoms with Crippen LogP contribution in [0.3, 0.4) is 0 Å². The maximum Gasteiger partial charge on any atom is 0.0916 e. The van der Waals surface area contributed by atoms with Crippen molar-refractivity contribution >= 4 is 16.3 Å². The lowest BCUT2D eigenvalue weighted by molar-refractivity contribution is 0.971. The van der Waals surface area contributed by atoms with Crippen molar-refractivity contribution in [3.8, 4) is 0 Å². The monoisotopic (exact) mass is 193 g/mol. The van der Waals surface area contributed by atoms with Crippen LogP contribution >= 0.6 is 11.3 Å². The van der Waals surface area contributed by atoms with E-state index in [0.717, 1.165) is 13.1 Å². The van der Waals surface area contributed by atoms with E-state index in [4.69, 9.17) is 0 Å². The Morgan fingerprint density at radius 3 is 2.31 bits per heavy atom. The zero-order valence-electron chi connectivity index (χ0n) is 7.99. The first-order chi connectivity index (χ1) is 6.27. The van der Waals surface area contributed by atoms with Crippen LogP contribution in [0.4, 0.5) is 5.00 Å². The first-order valence-electron chi connectivity index (χ1n) is 4.31. The first-order valence-corrected chi connectivity index (χ1v) is 5.12. The molecule has 1 aromatic rings. The topological polar surface area (TPSA) is 3.24 Å². The standard InChI is InChI=1S/C11H15NS/c1-4-8-12(9-5-2)11-7-6-10(3)13-11/h4-7H,1-2,8-9H2,3H3. The third kappa shape index (κ3) is 2.74. The highest BCUT2D eigenvalue weighted by atomic mass is 32.1. The van der Waals surface area contributed by atoms with E-state index in [2.05, 4.69) is 37.1 Å². The van der Waals surface area contributed by atoms with E-state index >= 15 is 0 Å². The van der Waals surface area contributed by atoms with Crippen molar-refractivity contribution in [2.45, 2.75) is 6.92 Å². The van der Waals surface area contributed by atoms with Gasteiger partial charge in [0.15, 0.2) is 0 Å². The molecule has 0 unspecified atom stereocenters. The summed E-state index contributed by atoms with van der Waals surface area (Å²) in [5.41, 5.74) is 0. The van der Waals surface area contributed by atoms with Crippen LogP contribution in [0.15, 0.2) is 37.4 Å². The Morgan fingerprint density at radius 2 is 1.92 bits per heavy atom. The van der Waals surface area contributed by atoms with E-state index in [-0.39, 0.29) is 0 Å². The van der Waals surface area contributed by atoms with Gasteiger partial charge in [-0.3, -0.25) is 0 Å². The molecule has 1 aromatic heterocycles. The Balaban J connectivity index is 2.74. The molecular formula is C11H15NS. The zero-order chi connectivity index (χ0) is 9.68. The third-order valence-corrected chi connectivity index (χ3v) is 2.80. The van der Waals surface area contributed by atoms with Crippen molar-refractivity contribution in [1.29, 1.82) is 0 Å². The van der Waals surface area contributed by atoms with E-state index in [1.165, 1.54) is 9.88 Å². The summed E-state index contributed by atoms with van der Waals surface area (Å²) in [6.45, 7) is 11.4. The van der Waals surface area contributed by atoms with Crippen LogP contribution in [-0.2, 0) is 0 Å². The van der Waals surface area contributed by atoms with E-state index in [9.17, 15) is 0 Å². The number of anilines is 1. The molecule has 0 aliphatic carbocycles. The maximum atomic E-state index is 3.74. The first kappa shape index (κ1) is 10.1. The Hall–Kier alpha value is -1.02. The van der Waals surface area contributed by atoms with Crippen molar-refractivity contribution < 1.29 is 0 Å². The fourth-order valence-electron chi connectivity index (χ4n) is 1.16. The maximum absolute atomic E-state index is 3.74. The fourth-order valence-corrected chi connectivity index (χ4v) is 2.04. The summed E-state index contributed by atoms with van der Waals surface area (Å²) in [7, 11) is 0. The van der Waals surface area contributed by atoms with E-state index in [1.54, 1.807) is 11.3 Å². The molecule has 0 bridgehead atoms. The van der Waals surface area contributed by atoms with Gasteiger partial charge < -0.3 is 4.90 Å². The molecule has 1 heterocycles. The van der Waals surface area contributed by atoms with Gasteiger partial charge in [-0.25, -0.2) is 0 Å². The molecule has 0 spiro atoms. The number of hydrogen-bond donors (Lipinski definition) is 0. The van der Waals surface area contributed by atoms with E-state index < -0.39 is 0 Å². The second-order valence-corrected chi connectivity index (χ2v) is 4.13. The largest absolute Gasteiger partial charge is 0.356 e. The summed E-state index contributed by atoms with van der Waals surface area (Å²) >= 11 is 1.81. The minimum absolute atomic E-state index is 0.881. The van der Waals surface area contributed by atoms with Crippen LogP contribution in [-0.4, -0.2) is 13.1 Å². The fraction of sp³-hybridized carbons (Fsp3) is 0.273. The van der Waals surface area contributed by atoms with Crippen molar-refractivity contribution in [3.63, 3.8) is 0 Å². The molecule has 0 N–H and O–H groups in total. The SMILES string of the molecule is C=CCN(CC=C)c1ccc(C)s1. The van der Waals surface area contributed by atoms with Gasteiger partial charge in [0.2, 0.25) is 0 Å². The molecule has 70 valence electrons. The van der Waals surface area contributed by atoms with Gasteiger partial charge >= 0.3 is 0 Å². The lowest BCUT2D eigenvalue weighted by Crippen LogP contribution is -2.21. The molecule has 0 aromatic carbocycles. The molecule has 1 nitrogen and oxygen atoms in total. The predicted molar refractivity (Wildman–Crippen MR) is 61.7 cm³/mol. The Bertz CT molecular complexity index is 278. The van der Waals surface area contributed by atoms with Gasteiger partial charge in [-0.1, -0.05) is 12.2 Å². The number of thiophene rings is 1. The molecule has 2 heteroatoms. The molecule has 13 heavy (non-hydrogen) atoms. The Labute approximate surface area is 84.0 Å². The minimum Gasteiger partial charge on any atom is -0.356 e. The van der Waals surface area contributed by atoms with Gasteiger partial charge in [0.05, 0.1) is 5.00 Å². The van der Waals surface area contributed by atoms with Gasteiger partial charge in [0.1, 0.15) is 0 Å². The van der Waals surface area contributed by atoms with Crippen molar-refractivity contribution in [3.05, 3.63) is 42.3 Å². The van der Waals surface area contributed by atoms with E-state index in [1.807, 2.05) is 12.2 Å². The lowest BCUT2D eigenvalue weighted by atomic mass is 10.4. The van der Waals surface area contributed by atoms with Crippen LogP contribution in [0.1, 0.15) is 4.88 Å². The average molecular weight is 193 g/mol. The molecule has 0 saturated carbocycles. The third-order valence-electron chi connectivity index (χ3n) is 1.74. The highest BCUT2D eigenvalue weighted by Gasteiger charge is 2.03. The predicted octanol–water partition coefficient (Wildman–Crippen LogP) is 3.23. The summed E-state index contributed by atoms with van der Waals surface area (Å²) in [4.78, 5) is 3.59. The molecule has 0 radical (unpaired) electrons. The summed E-state index contributed by atoms with van der Waals surface area (Å²) in [5, 5.41) is 1.29. The van der Waals surface area contributed by atoms with Gasteiger partial charge in [0.25, 0.3) is 0 Å². The minimum atomic E-state index is 0.881. The zero-order valence-corrected chi connectivity index (χ0v) is 8.81. The van der Waals surface area contributed by atoms with Crippen LogP contribution < -0.4 is 4.90 Å². The van der Waals surface area contributed by atoms with Gasteiger partial charge in [-0.05, 0) is 19.1 Å². The molecule has 0 fully saturated rings. The molecule has 0 atom stereocenters. The molecule has 0 aliphatic rings. The van der Waals surface area contributed by atoms with E-state index in [0.29, 0.717) is 0 Å². The molecule has 1 rings (SSSR count). The average Bonchev–Trinajstić information content (AvgIpc) is 2.51. The summed E-state index contributed by atoms with van der Waals surface area (Å²) in [5.74, 6) is 0. The van der Waals surface area contributed by atoms with Gasteiger partial charge in [-0.2, -0.15) is 0 Å². The van der Waals surface area contributed by atoms with Crippen LogP contribution in [0.2, 0.25) is 0 Å². The Kier molecular flexibility index (Phi) is 3.77. The second-order valence-electron chi connectivity index (χ2n) is 2.87. The van der Waals surface area contributed by atoms with Crippen molar-refractivity contribution in [2.75, 3.05) is 18.0 Å². The second kappa shape index (κ2) is 4.87. The molecular weight excluding hydrogens is 178 g/mol. The normalized spacial score (nSPS) is 9.62. The lowest BCUT2D eigenvalue weighted by Gasteiger charge is -2.18. The summed E-state index contributed by atoms with van der Waals surface area (Å²) in [6, 6.07) is 4.28. The summed E-state index contributed by atoms with van der Waals surface area (Å²) < 4.78 is 0. The van der Waals surface area contributed by atoms with Crippen molar-refractivity contribution in [1.82, 2.24) is 0 Å². The van der Waals surface area contributed by atoms with Crippen LogP contribution in [0.5, 0.6) is 0 Å². The number of nitrogens with zero attached hydrogens (tertiary/aromatic N) is 1. The molecule has 0 amide bonds. The quantitative estimate of drug-likeness (QED) is 0.649. The number of rotatable bonds is 5. The smallest absolute Gasteiger partial charge is 0.0916 e. The molecule has 0 aliphatic heterocycles. The Morgan fingerprint density at radius 1 is 1.31 bits per heavy atom. The summed E-state index contributed by atoms with van der Waals surface area (Å²) in [6.07, 6.45) is 3.83. The van der Waals surface area contributed by atoms with Crippen LogP contribution in [0.25, 0.3) is 0 Å². The van der Waals surface area contributed by atoms with Crippen molar-refractivity contribution in [2.24, 2.45) is 0 Å². The highest BCUT2D eigenvalue weighted by molar-refractivity contribution is 7.16. The van der Waals surface area contributed by atoms with Gasteiger partial charge in [-0.15, -0.1) is 24.5 Å². The number of hydrogen-bond acceptors (Lipinski definition) is 2. The highest BCUT2D eigenvalue weighted by Crippen LogP contribution is 2.24.